The van der Waals surface area contributed by atoms with E-state index in [9.17, 15) is 4.79 Å². The molecule has 0 spiro atoms. The molecule has 0 saturated heterocycles. The van der Waals surface area contributed by atoms with Gasteiger partial charge in [-0.25, -0.2) is 0 Å². The van der Waals surface area contributed by atoms with Crippen LogP contribution >= 0.6 is 11.3 Å². The van der Waals surface area contributed by atoms with Crippen LogP contribution in [0.3, 0.4) is 0 Å². The highest BCUT2D eigenvalue weighted by molar-refractivity contribution is 7.14. The molecule has 1 atom stereocenters. The number of aromatic nitrogens is 1. The second-order valence-electron chi connectivity index (χ2n) is 5.27. The first-order valence-corrected chi connectivity index (χ1v) is 7.91. The Bertz CT molecular complexity index is 606. The van der Waals surface area contributed by atoms with Crippen molar-refractivity contribution in [1.82, 2.24) is 4.98 Å². The molecule has 0 radical (unpaired) electrons. The smallest absolute Gasteiger partial charge is 0.265 e. The number of nitrogens with one attached hydrogen (secondary N) is 1. The monoisotopic (exact) mass is 286 g/mol. The minimum Gasteiger partial charge on any atom is -0.320 e. The lowest BCUT2D eigenvalue weighted by atomic mass is 9.87. The van der Waals surface area contributed by atoms with Crippen molar-refractivity contribution in [2.75, 3.05) is 5.32 Å². The summed E-state index contributed by atoms with van der Waals surface area (Å²) in [6, 6.07) is 5.75. The van der Waals surface area contributed by atoms with Crippen molar-refractivity contribution >= 4 is 22.9 Å². The summed E-state index contributed by atoms with van der Waals surface area (Å²) in [5.74, 6) is 0.761. The Kier molecular flexibility index (Phi) is 3.83. The zero-order chi connectivity index (χ0) is 13.9. The topological polar surface area (TPSA) is 42.0 Å². The fourth-order valence-electron chi connectivity index (χ4n) is 2.69. The van der Waals surface area contributed by atoms with E-state index in [1.807, 2.05) is 12.1 Å². The molecule has 1 amide bonds. The summed E-state index contributed by atoms with van der Waals surface area (Å²) in [4.78, 5) is 18.5. The van der Waals surface area contributed by atoms with E-state index in [0.29, 0.717) is 0 Å². The highest BCUT2D eigenvalue weighted by Gasteiger charge is 2.22. The van der Waals surface area contributed by atoms with Crippen LogP contribution < -0.4 is 5.32 Å². The maximum atomic E-state index is 12.3. The quantitative estimate of drug-likeness (QED) is 0.929. The third-order valence-corrected chi connectivity index (χ3v) is 5.14. The van der Waals surface area contributed by atoms with Crippen molar-refractivity contribution in [3.63, 3.8) is 0 Å². The largest absolute Gasteiger partial charge is 0.320 e. The van der Waals surface area contributed by atoms with Gasteiger partial charge in [-0.3, -0.25) is 9.78 Å². The lowest BCUT2D eigenvalue weighted by Crippen LogP contribution is -2.11. The van der Waals surface area contributed by atoms with Gasteiger partial charge in [-0.15, -0.1) is 11.3 Å². The van der Waals surface area contributed by atoms with Gasteiger partial charge in [-0.2, -0.15) is 0 Å². The SMILES string of the molecule is CCC1CCc2sc(C(=O)Nc3cccnc3)cc2C1. The zero-order valence-electron chi connectivity index (χ0n) is 11.6. The first-order chi connectivity index (χ1) is 9.76. The van der Waals surface area contributed by atoms with Crippen LogP contribution in [0.4, 0.5) is 5.69 Å². The van der Waals surface area contributed by atoms with Gasteiger partial charge in [0.15, 0.2) is 0 Å². The molecular formula is C16H18N2OS. The average Bonchev–Trinajstić information content (AvgIpc) is 2.91. The van der Waals surface area contributed by atoms with Crippen LogP contribution in [0.15, 0.2) is 30.6 Å². The van der Waals surface area contributed by atoms with Gasteiger partial charge >= 0.3 is 0 Å². The lowest BCUT2D eigenvalue weighted by molar-refractivity contribution is 0.103. The van der Waals surface area contributed by atoms with Gasteiger partial charge in [0, 0.05) is 11.1 Å². The predicted octanol–water partition coefficient (Wildman–Crippen LogP) is 3.91. The van der Waals surface area contributed by atoms with Gasteiger partial charge < -0.3 is 5.32 Å². The minimum atomic E-state index is -0.0227. The van der Waals surface area contributed by atoms with Crippen molar-refractivity contribution in [2.45, 2.75) is 32.6 Å². The van der Waals surface area contributed by atoms with Crippen LogP contribution in [-0.2, 0) is 12.8 Å². The number of thiophene rings is 1. The number of rotatable bonds is 3. The summed E-state index contributed by atoms with van der Waals surface area (Å²) in [6.07, 6.45) is 8.10. The number of hydrogen-bond donors (Lipinski definition) is 1. The van der Waals surface area contributed by atoms with E-state index >= 15 is 0 Å². The van der Waals surface area contributed by atoms with Gasteiger partial charge in [0.25, 0.3) is 5.91 Å². The molecular weight excluding hydrogens is 268 g/mol. The van der Waals surface area contributed by atoms with E-state index in [4.69, 9.17) is 0 Å². The Hall–Kier alpha value is -1.68. The van der Waals surface area contributed by atoms with Crippen LogP contribution in [0.1, 0.15) is 39.9 Å². The maximum Gasteiger partial charge on any atom is 0.265 e. The van der Waals surface area contributed by atoms with Gasteiger partial charge in [0.1, 0.15) is 0 Å². The Morgan fingerprint density at radius 3 is 3.20 bits per heavy atom. The van der Waals surface area contributed by atoms with Gasteiger partial charge in [0.2, 0.25) is 0 Å². The molecule has 3 nitrogen and oxygen atoms in total. The Balaban J connectivity index is 1.75. The molecule has 0 saturated carbocycles. The molecule has 2 aromatic heterocycles. The molecule has 104 valence electrons. The molecule has 1 aliphatic carbocycles. The van der Waals surface area contributed by atoms with Crippen LogP contribution in [0.2, 0.25) is 0 Å². The summed E-state index contributed by atoms with van der Waals surface area (Å²) in [5.41, 5.74) is 2.12. The number of carbonyl (C=O) groups is 1. The number of carbonyl (C=O) groups excluding carboxylic acids is 1. The van der Waals surface area contributed by atoms with Crippen LogP contribution in [0.25, 0.3) is 0 Å². The highest BCUT2D eigenvalue weighted by Crippen LogP contribution is 2.33. The minimum absolute atomic E-state index is 0.0227. The molecule has 0 fully saturated rings. The van der Waals surface area contributed by atoms with E-state index in [1.165, 1.54) is 23.3 Å². The Labute approximate surface area is 123 Å². The van der Waals surface area contributed by atoms with E-state index < -0.39 is 0 Å². The standard InChI is InChI=1S/C16H18N2OS/c1-2-11-5-6-14-12(8-11)9-15(20-14)16(19)18-13-4-3-7-17-10-13/h3-4,7,9-11H,2,5-6,8H2,1H3,(H,18,19). The normalized spacial score (nSPS) is 17.6. The van der Waals surface area contributed by atoms with Crippen LogP contribution in [-0.4, -0.2) is 10.9 Å². The molecule has 0 aliphatic heterocycles. The van der Waals surface area contributed by atoms with Crippen molar-refractivity contribution in [3.05, 3.63) is 45.9 Å². The second-order valence-corrected chi connectivity index (χ2v) is 6.41. The van der Waals surface area contributed by atoms with Crippen molar-refractivity contribution in [3.8, 4) is 0 Å². The molecule has 1 aliphatic rings. The third kappa shape index (κ3) is 2.75. The van der Waals surface area contributed by atoms with E-state index in [-0.39, 0.29) is 5.91 Å². The number of aryl methyl sites for hydroxylation is 1. The number of fused-ring (bicyclic) bond motifs is 1. The molecule has 2 aromatic rings. The number of anilines is 1. The lowest BCUT2D eigenvalue weighted by Gasteiger charge is -2.19. The summed E-state index contributed by atoms with van der Waals surface area (Å²) in [5, 5.41) is 2.90. The first kappa shape index (κ1) is 13.3. The first-order valence-electron chi connectivity index (χ1n) is 7.09. The fourth-order valence-corrected chi connectivity index (χ4v) is 3.79. The molecule has 20 heavy (non-hydrogen) atoms. The predicted molar refractivity (Wildman–Crippen MR) is 82.3 cm³/mol. The van der Waals surface area contributed by atoms with Crippen LogP contribution in [0, 0.1) is 5.92 Å². The Morgan fingerprint density at radius 1 is 1.55 bits per heavy atom. The Morgan fingerprint density at radius 2 is 2.45 bits per heavy atom. The van der Waals surface area contributed by atoms with Gasteiger partial charge in [-0.1, -0.05) is 13.3 Å². The average molecular weight is 286 g/mol. The van der Waals surface area contributed by atoms with E-state index in [1.54, 1.807) is 23.7 Å². The number of pyridine rings is 1. The number of nitrogens with zero attached hydrogens (tertiary/aromatic N) is 1. The fraction of sp³-hybridized carbons (Fsp3) is 0.375. The number of hydrogen-bond acceptors (Lipinski definition) is 3. The molecule has 1 N–H and O–H groups in total. The highest BCUT2D eigenvalue weighted by atomic mass is 32.1. The summed E-state index contributed by atoms with van der Waals surface area (Å²) in [6.45, 7) is 2.25. The molecule has 3 rings (SSSR count). The van der Waals surface area contributed by atoms with Crippen molar-refractivity contribution < 1.29 is 4.79 Å². The van der Waals surface area contributed by atoms with E-state index in [2.05, 4.69) is 23.3 Å². The molecule has 0 bridgehead atoms. The van der Waals surface area contributed by atoms with Crippen LogP contribution in [0.5, 0.6) is 0 Å². The van der Waals surface area contributed by atoms with Gasteiger partial charge in [0.05, 0.1) is 16.8 Å². The maximum absolute atomic E-state index is 12.3. The number of amides is 1. The van der Waals surface area contributed by atoms with E-state index in [0.717, 1.165) is 29.3 Å². The molecule has 0 aromatic carbocycles. The van der Waals surface area contributed by atoms with Gasteiger partial charge in [-0.05, 0) is 48.9 Å². The zero-order valence-corrected chi connectivity index (χ0v) is 12.4. The third-order valence-electron chi connectivity index (χ3n) is 3.91. The molecule has 4 heteroatoms. The summed E-state index contributed by atoms with van der Waals surface area (Å²) >= 11 is 1.64. The molecule has 2 heterocycles. The second kappa shape index (κ2) is 5.75. The summed E-state index contributed by atoms with van der Waals surface area (Å²) < 4.78 is 0. The van der Waals surface area contributed by atoms with Crippen molar-refractivity contribution in [1.29, 1.82) is 0 Å². The summed E-state index contributed by atoms with van der Waals surface area (Å²) in [7, 11) is 0. The molecule has 1 unspecified atom stereocenters. The van der Waals surface area contributed by atoms with Crippen molar-refractivity contribution in [2.24, 2.45) is 5.92 Å².